The van der Waals surface area contributed by atoms with Crippen LogP contribution in [0, 0.1) is 0 Å². The van der Waals surface area contributed by atoms with Gasteiger partial charge in [-0.2, -0.15) is 11.8 Å². The van der Waals surface area contributed by atoms with Crippen molar-refractivity contribution < 1.29 is 4.74 Å². The first kappa shape index (κ1) is 16.7. The van der Waals surface area contributed by atoms with Gasteiger partial charge in [-0.3, -0.25) is 4.90 Å². The molecular weight excluding hydrogens is 280 g/mol. The number of hydrogen-bond donors (Lipinski definition) is 1. The van der Waals surface area contributed by atoms with Crippen molar-refractivity contribution in [3.05, 3.63) is 29.8 Å². The minimum atomic E-state index is 0.165. The van der Waals surface area contributed by atoms with E-state index in [9.17, 15) is 0 Å². The Hall–Kier alpha value is -0.710. The number of hydrogen-bond acceptors (Lipinski definition) is 4. The largest absolute Gasteiger partial charge is 0.497 e. The van der Waals surface area contributed by atoms with Crippen LogP contribution in [0.25, 0.3) is 0 Å². The van der Waals surface area contributed by atoms with Crippen molar-refractivity contribution in [3.8, 4) is 5.75 Å². The van der Waals surface area contributed by atoms with E-state index in [1.54, 1.807) is 7.11 Å². The third kappa shape index (κ3) is 4.15. The van der Waals surface area contributed by atoms with Gasteiger partial charge in [0.15, 0.2) is 0 Å². The summed E-state index contributed by atoms with van der Waals surface area (Å²) in [6.45, 7) is 6.71. The molecule has 0 aliphatic carbocycles. The van der Waals surface area contributed by atoms with E-state index in [1.807, 2.05) is 6.07 Å². The Balaban J connectivity index is 2.24. The summed E-state index contributed by atoms with van der Waals surface area (Å²) in [5.41, 5.74) is 7.75. The molecule has 0 saturated carbocycles. The molecule has 118 valence electrons. The fraction of sp³-hybridized carbons (Fsp3) is 0.647. The molecule has 3 atom stereocenters. The number of nitrogens with zero attached hydrogens (tertiary/aromatic N) is 1. The van der Waals surface area contributed by atoms with E-state index in [1.165, 1.54) is 17.7 Å². The van der Waals surface area contributed by atoms with E-state index in [0.29, 0.717) is 6.04 Å². The van der Waals surface area contributed by atoms with Crippen LogP contribution >= 0.6 is 11.8 Å². The second kappa shape index (κ2) is 8.06. The monoisotopic (exact) mass is 308 g/mol. The smallest absolute Gasteiger partial charge is 0.119 e. The Morgan fingerprint density at radius 3 is 2.90 bits per heavy atom. The van der Waals surface area contributed by atoms with Crippen molar-refractivity contribution in [3.63, 3.8) is 0 Å². The van der Waals surface area contributed by atoms with Crippen LogP contribution in [0.15, 0.2) is 24.3 Å². The average molecular weight is 308 g/mol. The van der Waals surface area contributed by atoms with Gasteiger partial charge in [0.05, 0.1) is 13.2 Å². The first-order chi connectivity index (χ1) is 10.2. The predicted molar refractivity (Wildman–Crippen MR) is 92.1 cm³/mol. The molecule has 0 aromatic heterocycles. The maximum absolute atomic E-state index is 6.47. The summed E-state index contributed by atoms with van der Waals surface area (Å²) in [7, 11) is 1.72. The maximum atomic E-state index is 6.47. The quantitative estimate of drug-likeness (QED) is 0.875. The molecule has 1 fully saturated rings. The van der Waals surface area contributed by atoms with E-state index in [2.05, 4.69) is 48.7 Å². The molecule has 3 unspecified atom stereocenters. The molecule has 4 heteroatoms. The maximum Gasteiger partial charge on any atom is 0.119 e. The van der Waals surface area contributed by atoms with Gasteiger partial charge < -0.3 is 10.5 Å². The molecule has 1 saturated heterocycles. The first-order valence-electron chi connectivity index (χ1n) is 7.94. The van der Waals surface area contributed by atoms with Crippen LogP contribution in [0.4, 0.5) is 0 Å². The Morgan fingerprint density at radius 1 is 1.43 bits per heavy atom. The van der Waals surface area contributed by atoms with Gasteiger partial charge in [0.2, 0.25) is 0 Å². The highest BCUT2D eigenvalue weighted by Gasteiger charge is 2.30. The molecule has 1 heterocycles. The number of nitrogens with two attached hydrogens (primary N) is 1. The van der Waals surface area contributed by atoms with Crippen molar-refractivity contribution in [2.75, 3.05) is 26.0 Å². The fourth-order valence-electron chi connectivity index (χ4n) is 3.02. The molecule has 1 aromatic carbocycles. The minimum absolute atomic E-state index is 0.165. The lowest BCUT2D eigenvalue weighted by atomic mass is 9.95. The SMILES string of the molecule is CCC1CN(C(c2cccc(OC)c2)C(N)CC)CCS1. The zero-order valence-electron chi connectivity index (χ0n) is 13.4. The Bertz CT molecular complexity index is 441. The highest BCUT2D eigenvalue weighted by molar-refractivity contribution is 8.00. The summed E-state index contributed by atoms with van der Waals surface area (Å²) < 4.78 is 5.38. The first-order valence-corrected chi connectivity index (χ1v) is 8.99. The van der Waals surface area contributed by atoms with Crippen molar-refractivity contribution in [1.82, 2.24) is 4.90 Å². The highest BCUT2D eigenvalue weighted by Crippen LogP contribution is 2.32. The zero-order chi connectivity index (χ0) is 15.2. The fourth-order valence-corrected chi connectivity index (χ4v) is 4.23. The summed E-state index contributed by atoms with van der Waals surface area (Å²) in [5.74, 6) is 2.12. The van der Waals surface area contributed by atoms with Crippen LogP contribution < -0.4 is 10.5 Å². The van der Waals surface area contributed by atoms with E-state index in [-0.39, 0.29) is 6.04 Å². The van der Waals surface area contributed by atoms with Crippen LogP contribution in [0.1, 0.15) is 38.3 Å². The molecule has 2 N–H and O–H groups in total. The van der Waals surface area contributed by atoms with Gasteiger partial charge in [-0.15, -0.1) is 0 Å². The summed E-state index contributed by atoms with van der Waals surface area (Å²) in [6.07, 6.45) is 2.22. The lowest BCUT2D eigenvalue weighted by Gasteiger charge is -2.40. The van der Waals surface area contributed by atoms with Crippen LogP contribution in [0.2, 0.25) is 0 Å². The lowest BCUT2D eigenvalue weighted by molar-refractivity contribution is 0.173. The van der Waals surface area contributed by atoms with Crippen molar-refractivity contribution in [2.24, 2.45) is 5.73 Å². The summed E-state index contributed by atoms with van der Waals surface area (Å²) >= 11 is 2.10. The van der Waals surface area contributed by atoms with E-state index < -0.39 is 0 Å². The molecule has 1 aliphatic heterocycles. The van der Waals surface area contributed by atoms with E-state index in [0.717, 1.165) is 30.5 Å². The Labute approximate surface area is 133 Å². The van der Waals surface area contributed by atoms with Crippen molar-refractivity contribution in [1.29, 1.82) is 0 Å². The lowest BCUT2D eigenvalue weighted by Crippen LogP contribution is -2.46. The van der Waals surface area contributed by atoms with Gasteiger partial charge >= 0.3 is 0 Å². The summed E-state index contributed by atoms with van der Waals surface area (Å²) in [6, 6.07) is 8.85. The zero-order valence-corrected chi connectivity index (χ0v) is 14.2. The van der Waals surface area contributed by atoms with Gasteiger partial charge in [-0.25, -0.2) is 0 Å². The molecule has 3 nitrogen and oxygen atoms in total. The van der Waals surface area contributed by atoms with Gasteiger partial charge in [-0.05, 0) is 30.5 Å². The van der Waals surface area contributed by atoms with E-state index >= 15 is 0 Å². The molecule has 1 aliphatic rings. The average Bonchev–Trinajstić information content (AvgIpc) is 2.55. The number of benzene rings is 1. The molecule has 0 spiro atoms. The second-order valence-corrected chi connectivity index (χ2v) is 7.10. The molecule has 1 aromatic rings. The number of ether oxygens (including phenoxy) is 1. The molecular formula is C17H28N2OS. The van der Waals surface area contributed by atoms with Crippen molar-refractivity contribution in [2.45, 2.75) is 44.0 Å². The number of rotatable bonds is 6. The number of thioether (sulfide) groups is 1. The van der Waals surface area contributed by atoms with Crippen LogP contribution in [0.5, 0.6) is 5.75 Å². The summed E-state index contributed by atoms with van der Waals surface area (Å²) in [4.78, 5) is 2.58. The van der Waals surface area contributed by atoms with Gasteiger partial charge in [-0.1, -0.05) is 26.0 Å². The van der Waals surface area contributed by atoms with Crippen LogP contribution in [0.3, 0.4) is 0 Å². The molecule has 0 amide bonds. The number of methoxy groups -OCH3 is 1. The predicted octanol–water partition coefficient (Wildman–Crippen LogP) is 3.30. The summed E-state index contributed by atoms with van der Waals surface area (Å²) in [5, 5.41) is 0.732. The van der Waals surface area contributed by atoms with Gasteiger partial charge in [0.1, 0.15) is 5.75 Å². The minimum Gasteiger partial charge on any atom is -0.497 e. The standard InChI is InChI=1S/C17H28N2OS/c1-4-15-12-19(9-10-21-15)17(16(18)5-2)13-7-6-8-14(11-13)20-3/h6-8,11,15-17H,4-5,9-10,12,18H2,1-3H3. The van der Waals surface area contributed by atoms with E-state index in [4.69, 9.17) is 10.5 Å². The topological polar surface area (TPSA) is 38.5 Å². The second-order valence-electron chi connectivity index (χ2n) is 5.69. The molecule has 2 rings (SSSR count). The molecule has 0 radical (unpaired) electrons. The normalized spacial score (nSPS) is 22.8. The third-order valence-corrected chi connectivity index (χ3v) is 5.70. The van der Waals surface area contributed by atoms with Gasteiger partial charge in [0, 0.05) is 30.1 Å². The third-order valence-electron chi connectivity index (χ3n) is 4.33. The molecule has 0 bridgehead atoms. The molecule has 21 heavy (non-hydrogen) atoms. The van der Waals surface area contributed by atoms with Crippen molar-refractivity contribution >= 4 is 11.8 Å². The Kier molecular flexibility index (Phi) is 6.40. The Morgan fingerprint density at radius 2 is 2.24 bits per heavy atom. The van der Waals surface area contributed by atoms with Gasteiger partial charge in [0.25, 0.3) is 0 Å². The van der Waals surface area contributed by atoms with Crippen LogP contribution in [-0.2, 0) is 0 Å². The highest BCUT2D eigenvalue weighted by atomic mass is 32.2. The van der Waals surface area contributed by atoms with Crippen LogP contribution in [-0.4, -0.2) is 42.1 Å².